The average molecular weight is 848 g/mol. The smallest absolute Gasteiger partial charge is 0.408 e. The van der Waals surface area contributed by atoms with Crippen molar-refractivity contribution in [2.24, 2.45) is 11.8 Å². The summed E-state index contributed by atoms with van der Waals surface area (Å²) >= 11 is 0. The minimum atomic E-state index is -4.30. The van der Waals surface area contributed by atoms with Gasteiger partial charge >= 0.3 is 6.09 Å². The molecule has 5 aromatic rings. The number of rotatable bonds is 15. The lowest BCUT2D eigenvalue weighted by molar-refractivity contribution is -0.133. The van der Waals surface area contributed by atoms with Crippen molar-refractivity contribution in [1.82, 2.24) is 25.7 Å². The van der Waals surface area contributed by atoms with Crippen LogP contribution in [0.2, 0.25) is 0 Å². The van der Waals surface area contributed by atoms with Crippen molar-refractivity contribution >= 4 is 44.7 Å². The number of carbonyl (C=O) groups is 4. The Kier molecular flexibility index (Phi) is 12.8. The summed E-state index contributed by atoms with van der Waals surface area (Å²) in [5.74, 6) is -2.06. The van der Waals surface area contributed by atoms with E-state index in [2.05, 4.69) is 27.3 Å². The number of hydrogen-bond donors (Lipinski definition) is 4. The van der Waals surface area contributed by atoms with Crippen LogP contribution in [0.4, 0.5) is 4.79 Å². The number of methoxy groups -OCH3 is 1. The highest BCUT2D eigenvalue weighted by molar-refractivity contribution is 7.90. The van der Waals surface area contributed by atoms with E-state index < -0.39 is 68.9 Å². The van der Waals surface area contributed by atoms with Crippen LogP contribution in [0.5, 0.6) is 17.2 Å². The van der Waals surface area contributed by atoms with Crippen LogP contribution in [0.1, 0.15) is 52.6 Å². The Morgan fingerprint density at radius 2 is 1.49 bits per heavy atom. The number of nitrogens with one attached hydrogen (secondary N) is 4. The molecule has 0 radical (unpaired) electrons. The lowest BCUT2D eigenvalue weighted by Crippen LogP contribution is -2.56. The molecule has 4 amide bonds. The van der Waals surface area contributed by atoms with Crippen LogP contribution in [0.15, 0.2) is 127 Å². The Labute approximate surface area is 355 Å². The molecule has 1 saturated carbocycles. The van der Waals surface area contributed by atoms with Gasteiger partial charge in [0.2, 0.25) is 11.8 Å². The molecule has 4 aromatic carbocycles. The number of amides is 4. The number of ether oxygens (including phenoxy) is 3. The van der Waals surface area contributed by atoms with E-state index in [9.17, 15) is 27.6 Å². The lowest BCUT2D eigenvalue weighted by atomic mass is 10.0. The number of aromatic nitrogens is 1. The van der Waals surface area contributed by atoms with E-state index in [1.165, 1.54) is 30.3 Å². The van der Waals surface area contributed by atoms with Crippen LogP contribution in [-0.4, -0.2) is 61.5 Å². The molecule has 15 heteroatoms. The summed E-state index contributed by atoms with van der Waals surface area (Å²) in [5, 5.41) is 8.79. The first-order valence-electron chi connectivity index (χ1n) is 19.6. The molecule has 0 saturated heterocycles. The summed E-state index contributed by atoms with van der Waals surface area (Å²) < 4.78 is 45.7. The van der Waals surface area contributed by atoms with Crippen molar-refractivity contribution < 1.29 is 41.8 Å². The van der Waals surface area contributed by atoms with Crippen molar-refractivity contribution in [1.29, 1.82) is 0 Å². The summed E-state index contributed by atoms with van der Waals surface area (Å²) in [6.07, 6.45) is 0.677. The fourth-order valence-corrected chi connectivity index (χ4v) is 7.76. The number of carbonyl (C=O) groups excluding carboxylic acids is 4. The SMILES string of the molecule is C=CC1C[C@]1(NC(=O)[C@@H](NC(=O)C(NC(=O)OC(C)(C)C)C(C)C)c1ccc(Oc2cc(-c3ccccc3)nc3cc(OC)ccc23)cc1)C(=O)NS(=O)(=O)c1ccccc1. The molecule has 14 nitrogen and oxygen atoms in total. The molecule has 1 fully saturated rings. The number of alkyl carbamates (subject to hydrolysis) is 1. The minimum absolute atomic E-state index is 0.0530. The van der Waals surface area contributed by atoms with Gasteiger partial charge in [-0.25, -0.2) is 22.9 Å². The standard InChI is InChI=1S/C46H49N5O9S/c1-8-31-27-46(31,43(54)51-61(56,57)34-17-13-10-14-18-34)50-42(53)40(48-41(52)39(28(2)3)49-44(55)60-45(4,5)6)30-19-21-32(22-20-30)59-38-26-36(29-15-11-9-12-16-29)47-37-25-33(58-7)23-24-35(37)38/h8-26,28,31,39-40H,1,27H2,2-7H3,(H,48,52)(H,49,55)(H,50,53)(H,51,54)/t31?,39?,40-,46+/m0/s1. The van der Waals surface area contributed by atoms with Crippen molar-refractivity contribution in [3.05, 3.63) is 127 Å². The topological polar surface area (TPSA) is 191 Å². The Morgan fingerprint density at radius 3 is 2.08 bits per heavy atom. The van der Waals surface area contributed by atoms with Crippen molar-refractivity contribution in [2.75, 3.05) is 7.11 Å². The first kappa shape index (κ1) is 43.8. The van der Waals surface area contributed by atoms with Gasteiger partial charge in [-0.3, -0.25) is 14.4 Å². The summed E-state index contributed by atoms with van der Waals surface area (Å²) in [4.78, 5) is 59.7. The Morgan fingerprint density at radius 1 is 0.852 bits per heavy atom. The maximum atomic E-state index is 14.4. The third-order valence-corrected chi connectivity index (χ3v) is 11.3. The zero-order valence-electron chi connectivity index (χ0n) is 34.7. The van der Waals surface area contributed by atoms with E-state index in [0.29, 0.717) is 33.8 Å². The zero-order valence-corrected chi connectivity index (χ0v) is 35.5. The highest BCUT2D eigenvalue weighted by atomic mass is 32.2. The molecule has 0 bridgehead atoms. The van der Waals surface area contributed by atoms with Crippen LogP contribution >= 0.6 is 0 Å². The fourth-order valence-electron chi connectivity index (χ4n) is 6.70. The molecule has 2 unspecified atom stereocenters. The summed E-state index contributed by atoms with van der Waals surface area (Å²) in [5.41, 5.74) is -0.0762. The highest BCUT2D eigenvalue weighted by Gasteiger charge is 2.61. The molecule has 61 heavy (non-hydrogen) atoms. The van der Waals surface area contributed by atoms with Crippen molar-refractivity contribution in [3.8, 4) is 28.5 Å². The maximum absolute atomic E-state index is 14.4. The second-order valence-corrected chi connectivity index (χ2v) is 17.7. The third kappa shape index (κ3) is 10.4. The lowest BCUT2D eigenvalue weighted by Gasteiger charge is -2.28. The number of nitrogens with zero attached hydrogens (tertiary/aromatic N) is 1. The second kappa shape index (κ2) is 17.9. The Balaban J connectivity index is 1.32. The molecule has 1 heterocycles. The molecule has 318 valence electrons. The van der Waals surface area contributed by atoms with Gasteiger partial charge in [-0.1, -0.05) is 80.6 Å². The van der Waals surface area contributed by atoms with Gasteiger partial charge in [0, 0.05) is 29.0 Å². The van der Waals surface area contributed by atoms with Gasteiger partial charge in [0.15, 0.2) is 0 Å². The summed E-state index contributed by atoms with van der Waals surface area (Å²) in [6.45, 7) is 12.3. The van der Waals surface area contributed by atoms with E-state index in [1.54, 1.807) is 78.1 Å². The molecule has 1 aliphatic carbocycles. The maximum Gasteiger partial charge on any atom is 0.408 e. The van der Waals surface area contributed by atoms with Crippen LogP contribution in [0, 0.1) is 11.8 Å². The predicted octanol–water partition coefficient (Wildman–Crippen LogP) is 6.98. The molecular weight excluding hydrogens is 799 g/mol. The van der Waals surface area contributed by atoms with Crippen LogP contribution in [-0.2, 0) is 29.1 Å². The van der Waals surface area contributed by atoms with Crippen LogP contribution in [0.3, 0.4) is 0 Å². The first-order valence-corrected chi connectivity index (χ1v) is 21.1. The van der Waals surface area contributed by atoms with Gasteiger partial charge in [-0.15, -0.1) is 6.58 Å². The van der Waals surface area contributed by atoms with Gasteiger partial charge in [0.25, 0.3) is 15.9 Å². The fraction of sp³-hybridized carbons (Fsp3) is 0.283. The number of benzene rings is 4. The largest absolute Gasteiger partial charge is 0.497 e. The minimum Gasteiger partial charge on any atom is -0.497 e. The number of hydrogen-bond acceptors (Lipinski definition) is 10. The molecule has 4 atom stereocenters. The highest BCUT2D eigenvalue weighted by Crippen LogP contribution is 2.45. The molecular formula is C46H49N5O9S. The van der Waals surface area contributed by atoms with E-state index in [1.807, 2.05) is 48.5 Å². The molecule has 4 N–H and O–H groups in total. The van der Waals surface area contributed by atoms with Crippen LogP contribution in [0.25, 0.3) is 22.2 Å². The van der Waals surface area contributed by atoms with Gasteiger partial charge in [0.1, 0.15) is 40.5 Å². The first-order chi connectivity index (χ1) is 28.9. The molecule has 1 aromatic heterocycles. The number of sulfonamides is 1. The summed E-state index contributed by atoms with van der Waals surface area (Å²) in [6, 6.07) is 28.1. The monoisotopic (exact) mass is 847 g/mol. The van der Waals surface area contributed by atoms with Gasteiger partial charge in [-0.05, 0) is 75.1 Å². The van der Waals surface area contributed by atoms with E-state index in [4.69, 9.17) is 19.2 Å². The normalized spacial score (nSPS) is 17.0. The molecule has 0 spiro atoms. The second-order valence-electron chi connectivity index (χ2n) is 16.0. The van der Waals surface area contributed by atoms with Crippen molar-refractivity contribution in [2.45, 2.75) is 69.2 Å². The predicted molar refractivity (Wildman–Crippen MR) is 230 cm³/mol. The van der Waals surface area contributed by atoms with Gasteiger partial charge < -0.3 is 30.2 Å². The van der Waals surface area contributed by atoms with E-state index >= 15 is 0 Å². The zero-order chi connectivity index (χ0) is 44.1. The van der Waals surface area contributed by atoms with Gasteiger partial charge in [0.05, 0.1) is 23.2 Å². The quantitative estimate of drug-likeness (QED) is 0.0800. The third-order valence-electron chi connectivity index (χ3n) is 9.99. The molecule has 6 rings (SSSR count). The number of pyridine rings is 1. The van der Waals surface area contributed by atoms with Crippen molar-refractivity contribution in [3.63, 3.8) is 0 Å². The Bertz CT molecular complexity index is 2540. The van der Waals surface area contributed by atoms with Crippen LogP contribution < -0.4 is 30.1 Å². The van der Waals surface area contributed by atoms with Gasteiger partial charge in [-0.2, -0.15) is 0 Å². The average Bonchev–Trinajstić information content (AvgIpc) is 3.95. The number of fused-ring (bicyclic) bond motifs is 1. The summed E-state index contributed by atoms with van der Waals surface area (Å²) in [7, 11) is -2.73. The van der Waals surface area contributed by atoms with E-state index in [0.717, 1.165) is 5.56 Å². The Hall–Kier alpha value is -6.74. The van der Waals surface area contributed by atoms with E-state index in [-0.39, 0.29) is 16.9 Å². The molecule has 1 aliphatic rings. The molecule has 0 aliphatic heterocycles.